The van der Waals surface area contributed by atoms with E-state index < -0.39 is 0 Å². The SMILES string of the molecule is CCCCCCC(NCC)C(=O)OCC. The zero-order valence-corrected chi connectivity index (χ0v) is 10.3. The molecule has 0 spiro atoms. The van der Waals surface area contributed by atoms with Gasteiger partial charge in [-0.25, -0.2) is 0 Å². The molecule has 0 amide bonds. The zero-order chi connectivity index (χ0) is 11.5. The van der Waals surface area contributed by atoms with Gasteiger partial charge in [-0.2, -0.15) is 0 Å². The van der Waals surface area contributed by atoms with Crippen molar-refractivity contribution >= 4 is 5.97 Å². The number of hydrogen-bond acceptors (Lipinski definition) is 3. The van der Waals surface area contributed by atoms with Crippen LogP contribution in [0.4, 0.5) is 0 Å². The molecule has 0 aromatic carbocycles. The van der Waals surface area contributed by atoms with Gasteiger partial charge in [0, 0.05) is 0 Å². The maximum atomic E-state index is 11.5. The molecule has 0 radical (unpaired) electrons. The van der Waals surface area contributed by atoms with E-state index in [9.17, 15) is 4.79 Å². The second kappa shape index (κ2) is 9.97. The highest BCUT2D eigenvalue weighted by Crippen LogP contribution is 2.06. The Morgan fingerprint density at radius 2 is 1.93 bits per heavy atom. The van der Waals surface area contributed by atoms with Crippen molar-refractivity contribution in [3.05, 3.63) is 0 Å². The quantitative estimate of drug-likeness (QED) is 0.474. The predicted molar refractivity (Wildman–Crippen MR) is 62.9 cm³/mol. The minimum Gasteiger partial charge on any atom is -0.465 e. The number of likely N-dealkylation sites (N-methyl/N-ethyl adjacent to an activating group) is 1. The smallest absolute Gasteiger partial charge is 0.323 e. The van der Waals surface area contributed by atoms with Gasteiger partial charge in [0.05, 0.1) is 6.61 Å². The molecule has 0 aliphatic heterocycles. The Labute approximate surface area is 93.6 Å². The standard InChI is InChI=1S/C12H25NO2/c1-4-7-8-9-10-11(13-5-2)12(14)15-6-3/h11,13H,4-10H2,1-3H3. The summed E-state index contributed by atoms with van der Waals surface area (Å²) in [4.78, 5) is 11.5. The molecular formula is C12H25NO2. The summed E-state index contributed by atoms with van der Waals surface area (Å²) in [7, 11) is 0. The van der Waals surface area contributed by atoms with Crippen LogP contribution in [0.25, 0.3) is 0 Å². The molecule has 1 unspecified atom stereocenters. The fourth-order valence-corrected chi connectivity index (χ4v) is 1.57. The van der Waals surface area contributed by atoms with E-state index in [2.05, 4.69) is 12.2 Å². The van der Waals surface area contributed by atoms with Gasteiger partial charge >= 0.3 is 5.97 Å². The van der Waals surface area contributed by atoms with Gasteiger partial charge in [0.1, 0.15) is 6.04 Å². The van der Waals surface area contributed by atoms with E-state index in [1.807, 2.05) is 13.8 Å². The van der Waals surface area contributed by atoms with E-state index in [0.29, 0.717) is 6.61 Å². The van der Waals surface area contributed by atoms with Crippen LogP contribution in [0.15, 0.2) is 0 Å². The van der Waals surface area contributed by atoms with Crippen molar-refractivity contribution < 1.29 is 9.53 Å². The Balaban J connectivity index is 3.76. The van der Waals surface area contributed by atoms with Gasteiger partial charge in [-0.15, -0.1) is 0 Å². The molecular weight excluding hydrogens is 190 g/mol. The number of rotatable bonds is 9. The molecule has 0 saturated heterocycles. The van der Waals surface area contributed by atoms with Crippen LogP contribution < -0.4 is 5.32 Å². The van der Waals surface area contributed by atoms with Crippen molar-refractivity contribution in [3.63, 3.8) is 0 Å². The van der Waals surface area contributed by atoms with E-state index in [4.69, 9.17) is 4.74 Å². The van der Waals surface area contributed by atoms with E-state index in [-0.39, 0.29) is 12.0 Å². The highest BCUT2D eigenvalue weighted by molar-refractivity contribution is 5.75. The fourth-order valence-electron chi connectivity index (χ4n) is 1.57. The number of carbonyl (C=O) groups is 1. The van der Waals surface area contributed by atoms with Crippen LogP contribution in [0.5, 0.6) is 0 Å². The second-order valence-corrected chi connectivity index (χ2v) is 3.71. The summed E-state index contributed by atoms with van der Waals surface area (Å²) in [6, 6.07) is -0.105. The molecule has 15 heavy (non-hydrogen) atoms. The normalized spacial score (nSPS) is 12.5. The van der Waals surface area contributed by atoms with Crippen molar-refractivity contribution in [1.29, 1.82) is 0 Å². The Morgan fingerprint density at radius 3 is 2.47 bits per heavy atom. The first-order chi connectivity index (χ1) is 7.26. The lowest BCUT2D eigenvalue weighted by molar-refractivity contribution is -0.145. The summed E-state index contributed by atoms with van der Waals surface area (Å²) in [5.74, 6) is -0.101. The van der Waals surface area contributed by atoms with Crippen LogP contribution in [-0.4, -0.2) is 25.2 Å². The molecule has 0 aromatic rings. The van der Waals surface area contributed by atoms with Crippen molar-refractivity contribution in [2.45, 2.75) is 58.9 Å². The van der Waals surface area contributed by atoms with E-state index in [1.54, 1.807) is 0 Å². The Morgan fingerprint density at radius 1 is 1.20 bits per heavy atom. The Kier molecular flexibility index (Phi) is 9.59. The highest BCUT2D eigenvalue weighted by atomic mass is 16.5. The molecule has 0 aliphatic carbocycles. The van der Waals surface area contributed by atoms with Crippen LogP contribution in [0.3, 0.4) is 0 Å². The van der Waals surface area contributed by atoms with Crippen molar-refractivity contribution in [2.24, 2.45) is 0 Å². The van der Waals surface area contributed by atoms with E-state index in [1.165, 1.54) is 19.3 Å². The second-order valence-electron chi connectivity index (χ2n) is 3.71. The van der Waals surface area contributed by atoms with Crippen LogP contribution in [-0.2, 0) is 9.53 Å². The third kappa shape index (κ3) is 7.37. The lowest BCUT2D eigenvalue weighted by Gasteiger charge is -2.15. The third-order valence-corrected chi connectivity index (χ3v) is 2.37. The lowest BCUT2D eigenvalue weighted by Crippen LogP contribution is -2.37. The van der Waals surface area contributed by atoms with Gasteiger partial charge in [-0.05, 0) is 19.9 Å². The largest absolute Gasteiger partial charge is 0.465 e. The molecule has 0 saturated carbocycles. The monoisotopic (exact) mass is 215 g/mol. The molecule has 0 heterocycles. The Bertz CT molecular complexity index is 160. The number of carbonyl (C=O) groups excluding carboxylic acids is 1. The first kappa shape index (κ1) is 14.4. The van der Waals surface area contributed by atoms with E-state index in [0.717, 1.165) is 19.4 Å². The topological polar surface area (TPSA) is 38.3 Å². The number of hydrogen-bond donors (Lipinski definition) is 1. The van der Waals surface area contributed by atoms with Gasteiger partial charge in [-0.1, -0.05) is 39.5 Å². The first-order valence-electron chi connectivity index (χ1n) is 6.16. The summed E-state index contributed by atoms with van der Waals surface area (Å²) in [5.41, 5.74) is 0. The van der Waals surface area contributed by atoms with Crippen LogP contribution >= 0.6 is 0 Å². The predicted octanol–water partition coefficient (Wildman–Crippen LogP) is 2.50. The number of unbranched alkanes of at least 4 members (excludes halogenated alkanes) is 3. The molecule has 3 heteroatoms. The molecule has 0 aromatic heterocycles. The van der Waals surface area contributed by atoms with Gasteiger partial charge in [0.15, 0.2) is 0 Å². The Hall–Kier alpha value is -0.570. The van der Waals surface area contributed by atoms with E-state index >= 15 is 0 Å². The minimum absolute atomic E-state index is 0.101. The first-order valence-corrected chi connectivity index (χ1v) is 6.16. The average molecular weight is 215 g/mol. The van der Waals surface area contributed by atoms with Crippen LogP contribution in [0.1, 0.15) is 52.9 Å². The number of nitrogens with one attached hydrogen (secondary N) is 1. The van der Waals surface area contributed by atoms with Crippen molar-refractivity contribution in [2.75, 3.05) is 13.2 Å². The summed E-state index contributed by atoms with van der Waals surface area (Å²) in [5, 5.41) is 3.17. The highest BCUT2D eigenvalue weighted by Gasteiger charge is 2.17. The number of esters is 1. The molecule has 90 valence electrons. The van der Waals surface area contributed by atoms with Gasteiger partial charge in [0.25, 0.3) is 0 Å². The maximum absolute atomic E-state index is 11.5. The molecule has 1 N–H and O–H groups in total. The van der Waals surface area contributed by atoms with Crippen LogP contribution in [0.2, 0.25) is 0 Å². The summed E-state index contributed by atoms with van der Waals surface area (Å²) >= 11 is 0. The van der Waals surface area contributed by atoms with Gasteiger partial charge < -0.3 is 10.1 Å². The summed E-state index contributed by atoms with van der Waals surface area (Å²) in [6.45, 7) is 7.33. The summed E-state index contributed by atoms with van der Waals surface area (Å²) in [6.07, 6.45) is 5.68. The lowest BCUT2D eigenvalue weighted by atomic mass is 10.1. The molecule has 0 rings (SSSR count). The minimum atomic E-state index is -0.105. The molecule has 1 atom stereocenters. The molecule has 3 nitrogen and oxygen atoms in total. The van der Waals surface area contributed by atoms with Crippen molar-refractivity contribution in [1.82, 2.24) is 5.32 Å². The fraction of sp³-hybridized carbons (Fsp3) is 0.917. The third-order valence-electron chi connectivity index (χ3n) is 2.37. The zero-order valence-electron chi connectivity index (χ0n) is 10.3. The maximum Gasteiger partial charge on any atom is 0.323 e. The van der Waals surface area contributed by atoms with Crippen molar-refractivity contribution in [3.8, 4) is 0 Å². The summed E-state index contributed by atoms with van der Waals surface area (Å²) < 4.78 is 5.01. The van der Waals surface area contributed by atoms with Gasteiger partial charge in [0.2, 0.25) is 0 Å². The molecule has 0 bridgehead atoms. The average Bonchev–Trinajstić information content (AvgIpc) is 2.23. The number of ether oxygens (including phenoxy) is 1. The van der Waals surface area contributed by atoms with Gasteiger partial charge in [-0.3, -0.25) is 4.79 Å². The molecule has 0 fully saturated rings. The molecule has 0 aliphatic rings. The van der Waals surface area contributed by atoms with Crippen LogP contribution in [0, 0.1) is 0 Å².